The maximum atomic E-state index is 11.5. The van der Waals surface area contributed by atoms with Crippen molar-refractivity contribution < 1.29 is 9.59 Å². The number of anilines is 3. The van der Waals surface area contributed by atoms with Gasteiger partial charge < -0.3 is 16.0 Å². The molecule has 0 saturated carbocycles. The Bertz CT molecular complexity index is 725. The summed E-state index contributed by atoms with van der Waals surface area (Å²) in [4.78, 5) is 27.2. The summed E-state index contributed by atoms with van der Waals surface area (Å²) in [5.41, 5.74) is 2.82. The molecule has 1 heterocycles. The molecule has 0 unspecified atom stereocenters. The summed E-state index contributed by atoms with van der Waals surface area (Å²) in [6.07, 6.45) is 0. The number of rotatable bonds is 5. The van der Waals surface area contributed by atoms with E-state index in [0.29, 0.717) is 17.4 Å². The van der Waals surface area contributed by atoms with Gasteiger partial charge in [-0.2, -0.15) is 0 Å². The minimum Gasteiger partial charge on any atom is -0.359 e. The van der Waals surface area contributed by atoms with E-state index in [9.17, 15) is 9.59 Å². The minimum atomic E-state index is -0.179. The van der Waals surface area contributed by atoms with Crippen molar-refractivity contribution in [1.29, 1.82) is 0 Å². The lowest BCUT2D eigenvalue weighted by molar-refractivity contribution is -0.115. The Balaban J connectivity index is 2.37. The van der Waals surface area contributed by atoms with Gasteiger partial charge >= 0.3 is 0 Å². The van der Waals surface area contributed by atoms with Crippen LogP contribution >= 0.6 is 11.3 Å². The van der Waals surface area contributed by atoms with Gasteiger partial charge in [0.2, 0.25) is 11.8 Å². The number of hydrogen-bond acceptors (Lipinski definition) is 5. The van der Waals surface area contributed by atoms with Crippen LogP contribution in [0.25, 0.3) is 11.3 Å². The molecule has 0 bridgehead atoms. The number of carbonyl (C=O) groups excluding carboxylic acids is 2. The van der Waals surface area contributed by atoms with Gasteiger partial charge in [-0.25, -0.2) is 4.98 Å². The second-order valence-corrected chi connectivity index (χ2v) is 6.32. The zero-order valence-electron chi connectivity index (χ0n) is 13.6. The maximum absolute atomic E-state index is 11.5. The Morgan fingerprint density at radius 3 is 2.43 bits per heavy atom. The third-order valence-corrected chi connectivity index (χ3v) is 3.62. The fraction of sp³-hybridized carbons (Fsp3) is 0.312. The van der Waals surface area contributed by atoms with E-state index in [1.807, 2.05) is 25.3 Å². The van der Waals surface area contributed by atoms with Gasteiger partial charge in [-0.15, -0.1) is 11.3 Å². The first kappa shape index (κ1) is 17.0. The number of carbonyl (C=O) groups is 2. The first-order valence-corrected chi connectivity index (χ1v) is 8.15. The molecule has 0 spiro atoms. The molecule has 1 aromatic carbocycles. The topological polar surface area (TPSA) is 83.1 Å². The van der Waals surface area contributed by atoms with Crippen molar-refractivity contribution in [2.45, 2.75) is 33.7 Å². The molecule has 0 saturated heterocycles. The Hall–Kier alpha value is -2.41. The number of nitrogens with one attached hydrogen (secondary N) is 3. The minimum absolute atomic E-state index is 0.163. The highest BCUT2D eigenvalue weighted by atomic mass is 32.1. The molecule has 1 aromatic heterocycles. The van der Waals surface area contributed by atoms with Gasteiger partial charge in [0, 0.05) is 36.5 Å². The number of benzene rings is 1. The third kappa shape index (κ3) is 4.79. The van der Waals surface area contributed by atoms with E-state index in [1.165, 1.54) is 25.2 Å². The molecule has 23 heavy (non-hydrogen) atoms. The molecule has 7 heteroatoms. The van der Waals surface area contributed by atoms with E-state index >= 15 is 0 Å². The molecule has 122 valence electrons. The SMILES string of the molecule is CC(=O)Nc1ccc(-c2csc(NC(C)C)n2)c(NC(C)=O)c1. The molecule has 2 aromatic rings. The molecule has 2 amide bonds. The highest BCUT2D eigenvalue weighted by Gasteiger charge is 2.12. The molecular weight excluding hydrogens is 312 g/mol. The molecule has 0 radical (unpaired) electrons. The van der Waals surface area contributed by atoms with Crippen LogP contribution in [-0.4, -0.2) is 22.8 Å². The lowest BCUT2D eigenvalue weighted by Gasteiger charge is -2.11. The molecule has 2 rings (SSSR count). The number of amides is 2. The fourth-order valence-corrected chi connectivity index (χ4v) is 2.91. The zero-order valence-corrected chi connectivity index (χ0v) is 14.4. The lowest BCUT2D eigenvalue weighted by atomic mass is 10.1. The summed E-state index contributed by atoms with van der Waals surface area (Å²) >= 11 is 1.51. The predicted octanol–water partition coefficient (Wildman–Crippen LogP) is 3.55. The first-order valence-electron chi connectivity index (χ1n) is 7.27. The van der Waals surface area contributed by atoms with Crippen LogP contribution in [0.15, 0.2) is 23.6 Å². The van der Waals surface area contributed by atoms with E-state index in [0.717, 1.165) is 16.4 Å². The molecule has 0 fully saturated rings. The normalized spacial score (nSPS) is 10.5. The monoisotopic (exact) mass is 332 g/mol. The van der Waals surface area contributed by atoms with Crippen molar-refractivity contribution in [3.05, 3.63) is 23.6 Å². The molecule has 3 N–H and O–H groups in total. The van der Waals surface area contributed by atoms with Crippen molar-refractivity contribution >= 4 is 39.7 Å². The summed E-state index contributed by atoms with van der Waals surface area (Å²) in [7, 11) is 0. The largest absolute Gasteiger partial charge is 0.359 e. The first-order chi connectivity index (χ1) is 10.8. The van der Waals surface area contributed by atoms with Gasteiger partial charge in [-0.05, 0) is 32.0 Å². The van der Waals surface area contributed by atoms with Crippen molar-refractivity contribution in [3.63, 3.8) is 0 Å². The Kier molecular flexibility index (Phi) is 5.33. The molecule has 0 aliphatic heterocycles. The number of thiazole rings is 1. The van der Waals surface area contributed by atoms with Crippen LogP contribution < -0.4 is 16.0 Å². The molecule has 0 aliphatic carbocycles. The average Bonchev–Trinajstić information content (AvgIpc) is 2.85. The van der Waals surface area contributed by atoms with Gasteiger partial charge in [-0.1, -0.05) is 0 Å². The Labute approximate surface area is 139 Å². The van der Waals surface area contributed by atoms with E-state index in [1.54, 1.807) is 12.1 Å². The van der Waals surface area contributed by atoms with Crippen LogP contribution in [0.4, 0.5) is 16.5 Å². The Morgan fingerprint density at radius 1 is 1.13 bits per heavy atom. The predicted molar refractivity (Wildman–Crippen MR) is 94.9 cm³/mol. The standard InChI is InChI=1S/C16H20N4O2S/c1-9(2)17-16-20-15(8-23-16)13-6-5-12(18-10(3)21)7-14(13)19-11(4)22/h5-9H,1-4H3,(H,17,20)(H,18,21)(H,19,22). The van der Waals surface area contributed by atoms with Crippen LogP contribution in [0, 0.1) is 0 Å². The van der Waals surface area contributed by atoms with Crippen molar-refractivity contribution in [2.75, 3.05) is 16.0 Å². The summed E-state index contributed by atoms with van der Waals surface area (Å²) in [6.45, 7) is 6.98. The summed E-state index contributed by atoms with van der Waals surface area (Å²) in [5, 5.41) is 11.5. The maximum Gasteiger partial charge on any atom is 0.221 e. The summed E-state index contributed by atoms with van der Waals surface area (Å²) < 4.78 is 0. The molecule has 6 nitrogen and oxygen atoms in total. The van der Waals surface area contributed by atoms with Gasteiger partial charge in [-0.3, -0.25) is 9.59 Å². The Morgan fingerprint density at radius 2 is 1.83 bits per heavy atom. The molecule has 0 atom stereocenters. The third-order valence-electron chi connectivity index (χ3n) is 2.84. The van der Waals surface area contributed by atoms with Crippen LogP contribution in [0.1, 0.15) is 27.7 Å². The molecule has 0 aliphatic rings. The summed E-state index contributed by atoms with van der Waals surface area (Å²) in [6, 6.07) is 5.65. The van der Waals surface area contributed by atoms with E-state index in [-0.39, 0.29) is 11.8 Å². The number of hydrogen-bond donors (Lipinski definition) is 3. The fourth-order valence-electron chi connectivity index (χ4n) is 2.05. The quantitative estimate of drug-likeness (QED) is 0.782. The smallest absolute Gasteiger partial charge is 0.221 e. The molecular formula is C16H20N4O2S. The zero-order chi connectivity index (χ0) is 17.0. The summed E-state index contributed by atoms with van der Waals surface area (Å²) in [5.74, 6) is -0.342. The van der Waals surface area contributed by atoms with Crippen LogP contribution in [0.2, 0.25) is 0 Å². The van der Waals surface area contributed by atoms with Crippen LogP contribution in [0.5, 0.6) is 0 Å². The second kappa shape index (κ2) is 7.23. The highest BCUT2D eigenvalue weighted by Crippen LogP contribution is 2.33. The van der Waals surface area contributed by atoms with Crippen LogP contribution in [0.3, 0.4) is 0 Å². The number of nitrogens with zero attached hydrogens (tertiary/aromatic N) is 1. The van der Waals surface area contributed by atoms with Crippen molar-refractivity contribution in [2.24, 2.45) is 0 Å². The second-order valence-electron chi connectivity index (χ2n) is 5.46. The average molecular weight is 332 g/mol. The highest BCUT2D eigenvalue weighted by molar-refractivity contribution is 7.14. The van der Waals surface area contributed by atoms with Gasteiger partial charge in [0.25, 0.3) is 0 Å². The van der Waals surface area contributed by atoms with E-state index in [4.69, 9.17) is 0 Å². The van der Waals surface area contributed by atoms with Crippen molar-refractivity contribution in [1.82, 2.24) is 4.98 Å². The van der Waals surface area contributed by atoms with Gasteiger partial charge in [0.1, 0.15) is 0 Å². The van der Waals surface area contributed by atoms with E-state index < -0.39 is 0 Å². The van der Waals surface area contributed by atoms with E-state index in [2.05, 4.69) is 20.9 Å². The van der Waals surface area contributed by atoms with Gasteiger partial charge in [0.15, 0.2) is 5.13 Å². The lowest BCUT2D eigenvalue weighted by Crippen LogP contribution is -2.10. The van der Waals surface area contributed by atoms with Crippen molar-refractivity contribution in [3.8, 4) is 11.3 Å². The van der Waals surface area contributed by atoms with Crippen LogP contribution in [-0.2, 0) is 9.59 Å². The van der Waals surface area contributed by atoms with Gasteiger partial charge in [0.05, 0.1) is 11.4 Å². The number of aromatic nitrogens is 1.